The molecule has 0 unspecified atom stereocenters. The summed E-state index contributed by atoms with van der Waals surface area (Å²) in [6.07, 6.45) is 3.23. The van der Waals surface area contributed by atoms with Crippen molar-refractivity contribution in [3.8, 4) is 0 Å². The molecule has 1 heterocycles. The summed E-state index contributed by atoms with van der Waals surface area (Å²) < 4.78 is 0. The smallest absolute Gasteiger partial charge is 0.256 e. The van der Waals surface area contributed by atoms with Crippen LogP contribution >= 0.6 is 11.6 Å². The van der Waals surface area contributed by atoms with Gasteiger partial charge in [0.25, 0.3) is 5.91 Å². The quantitative estimate of drug-likeness (QED) is 0.672. The molecule has 1 aromatic carbocycles. The lowest BCUT2D eigenvalue weighted by Crippen LogP contribution is -2.14. The number of nitrogens with zero attached hydrogens (tertiary/aromatic N) is 2. The van der Waals surface area contributed by atoms with Crippen molar-refractivity contribution in [1.82, 2.24) is 9.97 Å². The molecule has 0 spiro atoms. The number of benzene rings is 1. The zero-order valence-corrected chi connectivity index (χ0v) is 12.1. The number of rotatable bonds is 4. The van der Waals surface area contributed by atoms with Gasteiger partial charge in [0, 0.05) is 23.7 Å². The van der Waals surface area contributed by atoms with Gasteiger partial charge in [0.15, 0.2) is 0 Å². The van der Waals surface area contributed by atoms with Crippen molar-refractivity contribution in [2.75, 3.05) is 11.1 Å². The summed E-state index contributed by atoms with van der Waals surface area (Å²) in [6.45, 7) is 0. The van der Waals surface area contributed by atoms with Gasteiger partial charge in [0.05, 0.1) is 0 Å². The Hall–Kier alpha value is -2.14. The van der Waals surface area contributed by atoms with E-state index in [1.54, 1.807) is 30.3 Å². The first-order valence-corrected chi connectivity index (χ1v) is 7.18. The molecule has 5 nitrogen and oxygen atoms in total. The van der Waals surface area contributed by atoms with E-state index in [2.05, 4.69) is 15.3 Å². The molecule has 0 saturated heterocycles. The van der Waals surface area contributed by atoms with E-state index in [4.69, 9.17) is 17.3 Å². The van der Waals surface area contributed by atoms with Crippen LogP contribution in [-0.2, 0) is 6.42 Å². The molecule has 1 saturated carbocycles. The average molecular weight is 303 g/mol. The zero-order valence-electron chi connectivity index (χ0n) is 11.3. The number of halogens is 1. The molecule has 3 N–H and O–H groups in total. The standard InChI is InChI=1S/C15H15ClN4O/c16-12-8-14(19-13(18-12)7-9-1-2-9)20-15(21)10-3-5-11(17)6-4-10/h3-6,8-9H,1-2,7,17H2,(H,18,19,20,21). The van der Waals surface area contributed by atoms with E-state index < -0.39 is 0 Å². The number of aromatic nitrogens is 2. The monoisotopic (exact) mass is 302 g/mol. The van der Waals surface area contributed by atoms with Crippen molar-refractivity contribution in [3.63, 3.8) is 0 Å². The predicted molar refractivity (Wildman–Crippen MR) is 82.3 cm³/mol. The Kier molecular flexibility index (Phi) is 3.75. The molecule has 1 amide bonds. The molecule has 6 heteroatoms. The Balaban J connectivity index is 1.75. The number of nitrogens with one attached hydrogen (secondary N) is 1. The third-order valence-corrected chi connectivity index (χ3v) is 3.52. The van der Waals surface area contributed by atoms with Crippen LogP contribution in [0.4, 0.5) is 11.5 Å². The lowest BCUT2D eigenvalue weighted by atomic mass is 10.2. The van der Waals surface area contributed by atoms with Crippen molar-refractivity contribution in [2.24, 2.45) is 5.92 Å². The minimum Gasteiger partial charge on any atom is -0.399 e. The summed E-state index contributed by atoms with van der Waals surface area (Å²) in [5.41, 5.74) is 6.73. The third-order valence-electron chi connectivity index (χ3n) is 3.32. The fourth-order valence-electron chi connectivity index (χ4n) is 2.02. The molecule has 0 bridgehead atoms. The summed E-state index contributed by atoms with van der Waals surface area (Å²) in [4.78, 5) is 20.7. The van der Waals surface area contributed by atoms with Gasteiger partial charge in [-0.25, -0.2) is 9.97 Å². The van der Waals surface area contributed by atoms with Crippen molar-refractivity contribution >= 4 is 29.0 Å². The van der Waals surface area contributed by atoms with Gasteiger partial charge < -0.3 is 11.1 Å². The first kappa shape index (κ1) is 13.8. The highest BCUT2D eigenvalue weighted by atomic mass is 35.5. The Morgan fingerprint density at radius 1 is 1.29 bits per heavy atom. The van der Waals surface area contributed by atoms with Crippen molar-refractivity contribution in [2.45, 2.75) is 19.3 Å². The molecule has 0 aliphatic heterocycles. The summed E-state index contributed by atoms with van der Waals surface area (Å²) in [5.74, 6) is 1.51. The molecule has 2 aromatic rings. The van der Waals surface area contributed by atoms with Gasteiger partial charge in [-0.15, -0.1) is 0 Å². The number of hydrogen-bond acceptors (Lipinski definition) is 4. The number of nitrogen functional groups attached to an aromatic ring is 1. The number of carbonyl (C=O) groups is 1. The van der Waals surface area contributed by atoms with E-state index in [-0.39, 0.29) is 5.91 Å². The fourth-order valence-corrected chi connectivity index (χ4v) is 2.22. The highest BCUT2D eigenvalue weighted by molar-refractivity contribution is 6.29. The largest absolute Gasteiger partial charge is 0.399 e. The Bertz CT molecular complexity index is 668. The van der Waals surface area contributed by atoms with Crippen LogP contribution < -0.4 is 11.1 Å². The van der Waals surface area contributed by atoms with Crippen LogP contribution in [0.2, 0.25) is 5.15 Å². The van der Waals surface area contributed by atoms with E-state index in [1.807, 2.05) is 0 Å². The third kappa shape index (κ3) is 3.70. The number of anilines is 2. The molecule has 3 rings (SSSR count). The molecule has 108 valence electrons. The number of carbonyl (C=O) groups excluding carboxylic acids is 1. The van der Waals surface area contributed by atoms with E-state index in [0.29, 0.717) is 34.0 Å². The van der Waals surface area contributed by atoms with Crippen LogP contribution in [0.1, 0.15) is 29.0 Å². The first-order chi connectivity index (χ1) is 10.1. The van der Waals surface area contributed by atoms with Crippen LogP contribution in [0.25, 0.3) is 0 Å². The van der Waals surface area contributed by atoms with Crippen LogP contribution in [0, 0.1) is 5.92 Å². The van der Waals surface area contributed by atoms with Crippen LogP contribution in [-0.4, -0.2) is 15.9 Å². The summed E-state index contributed by atoms with van der Waals surface area (Å²) >= 11 is 5.99. The summed E-state index contributed by atoms with van der Waals surface area (Å²) in [5, 5.41) is 3.08. The first-order valence-electron chi connectivity index (χ1n) is 6.80. The average Bonchev–Trinajstić information content (AvgIpc) is 3.22. The van der Waals surface area contributed by atoms with E-state index in [1.165, 1.54) is 12.8 Å². The van der Waals surface area contributed by atoms with Crippen molar-refractivity contribution in [3.05, 3.63) is 46.9 Å². The van der Waals surface area contributed by atoms with Gasteiger partial charge in [-0.05, 0) is 43.0 Å². The minimum absolute atomic E-state index is 0.248. The summed E-state index contributed by atoms with van der Waals surface area (Å²) in [7, 11) is 0. The van der Waals surface area contributed by atoms with Gasteiger partial charge >= 0.3 is 0 Å². The van der Waals surface area contributed by atoms with Gasteiger partial charge in [0.2, 0.25) is 0 Å². The van der Waals surface area contributed by atoms with Gasteiger partial charge in [0.1, 0.15) is 16.8 Å². The fraction of sp³-hybridized carbons (Fsp3) is 0.267. The van der Waals surface area contributed by atoms with Crippen LogP contribution in [0.5, 0.6) is 0 Å². The van der Waals surface area contributed by atoms with Gasteiger partial charge in [-0.3, -0.25) is 4.79 Å². The normalized spacial score (nSPS) is 14.0. The molecule has 0 atom stereocenters. The SMILES string of the molecule is Nc1ccc(C(=O)Nc2cc(Cl)nc(CC3CC3)n2)cc1. The lowest BCUT2D eigenvalue weighted by molar-refractivity contribution is 0.102. The Morgan fingerprint density at radius 3 is 2.67 bits per heavy atom. The molecule has 21 heavy (non-hydrogen) atoms. The Morgan fingerprint density at radius 2 is 2.00 bits per heavy atom. The van der Waals surface area contributed by atoms with Gasteiger partial charge in [-0.2, -0.15) is 0 Å². The molecule has 0 radical (unpaired) electrons. The molecule has 1 aromatic heterocycles. The second-order valence-corrected chi connectivity index (χ2v) is 5.60. The summed E-state index contributed by atoms with van der Waals surface area (Å²) in [6, 6.07) is 8.24. The minimum atomic E-state index is -0.248. The maximum atomic E-state index is 12.1. The molecule has 1 aliphatic rings. The van der Waals surface area contributed by atoms with Crippen LogP contribution in [0.3, 0.4) is 0 Å². The Labute approximate surface area is 127 Å². The number of amides is 1. The lowest BCUT2D eigenvalue weighted by Gasteiger charge is -2.07. The van der Waals surface area contributed by atoms with E-state index >= 15 is 0 Å². The highest BCUT2D eigenvalue weighted by Gasteiger charge is 2.23. The number of nitrogens with two attached hydrogens (primary N) is 1. The van der Waals surface area contributed by atoms with Crippen LogP contribution in [0.15, 0.2) is 30.3 Å². The van der Waals surface area contributed by atoms with Gasteiger partial charge in [-0.1, -0.05) is 11.6 Å². The van der Waals surface area contributed by atoms with E-state index in [0.717, 1.165) is 6.42 Å². The van der Waals surface area contributed by atoms with Crippen molar-refractivity contribution < 1.29 is 4.79 Å². The second-order valence-electron chi connectivity index (χ2n) is 5.22. The maximum absolute atomic E-state index is 12.1. The topological polar surface area (TPSA) is 80.9 Å². The molecule has 1 aliphatic carbocycles. The maximum Gasteiger partial charge on any atom is 0.256 e. The zero-order chi connectivity index (χ0) is 14.8. The van der Waals surface area contributed by atoms with E-state index in [9.17, 15) is 4.79 Å². The molecule has 1 fully saturated rings. The molecular weight excluding hydrogens is 288 g/mol. The van der Waals surface area contributed by atoms with Crippen molar-refractivity contribution in [1.29, 1.82) is 0 Å². The predicted octanol–water partition coefficient (Wildman–Crippen LogP) is 2.92. The molecular formula is C15H15ClN4O. The second kappa shape index (κ2) is 5.69. The highest BCUT2D eigenvalue weighted by Crippen LogP contribution is 2.32. The number of hydrogen-bond donors (Lipinski definition) is 2.